The highest BCUT2D eigenvalue weighted by atomic mass is 32.2. The highest BCUT2D eigenvalue weighted by Crippen LogP contribution is 2.42. The lowest BCUT2D eigenvalue weighted by Gasteiger charge is -2.34. The Bertz CT molecular complexity index is 1260. The number of sulfone groups is 1. The van der Waals surface area contributed by atoms with Gasteiger partial charge in [0.05, 0.1) is 23.3 Å². The van der Waals surface area contributed by atoms with Gasteiger partial charge in [-0.05, 0) is 67.8 Å². The predicted octanol–water partition coefficient (Wildman–Crippen LogP) is 3.78. The van der Waals surface area contributed by atoms with Crippen LogP contribution in [0.2, 0.25) is 0 Å². The highest BCUT2D eigenvalue weighted by molar-refractivity contribution is 7.91. The van der Waals surface area contributed by atoms with Crippen molar-refractivity contribution in [2.24, 2.45) is 11.0 Å². The molecule has 2 aromatic carbocycles. The molecule has 7 heteroatoms. The molecule has 2 atom stereocenters. The molecular formula is C29H38N4O2S. The Hall–Kier alpha value is -2.48. The van der Waals surface area contributed by atoms with Gasteiger partial charge in [-0.15, -0.1) is 0 Å². The van der Waals surface area contributed by atoms with Gasteiger partial charge >= 0.3 is 0 Å². The van der Waals surface area contributed by atoms with Crippen LogP contribution in [0, 0.1) is 19.8 Å². The summed E-state index contributed by atoms with van der Waals surface area (Å²) in [5.41, 5.74) is 6.39. The number of rotatable bonds is 6. The fourth-order valence-corrected chi connectivity index (χ4v) is 7.52. The maximum absolute atomic E-state index is 13.2. The molecule has 0 amide bonds. The van der Waals surface area contributed by atoms with Crippen molar-refractivity contribution in [3.63, 3.8) is 0 Å². The second kappa shape index (κ2) is 10.5. The summed E-state index contributed by atoms with van der Waals surface area (Å²) in [6.45, 7) is 10.5. The molecule has 0 saturated carbocycles. The van der Waals surface area contributed by atoms with Crippen LogP contribution in [0.4, 0.5) is 0 Å². The monoisotopic (exact) mass is 506 g/mol. The van der Waals surface area contributed by atoms with Crippen LogP contribution >= 0.6 is 0 Å². The van der Waals surface area contributed by atoms with E-state index in [1.807, 2.05) is 18.2 Å². The second-order valence-corrected chi connectivity index (χ2v) is 12.7. The van der Waals surface area contributed by atoms with Crippen LogP contribution in [0.3, 0.4) is 0 Å². The first-order chi connectivity index (χ1) is 17.3. The molecule has 0 radical (unpaired) electrons. The topological polar surface area (TPSA) is 56.2 Å². The van der Waals surface area contributed by atoms with E-state index in [4.69, 9.17) is 5.10 Å². The van der Waals surface area contributed by atoms with Crippen molar-refractivity contribution in [1.82, 2.24) is 14.8 Å². The minimum Gasteiger partial charge on any atom is -0.304 e. The van der Waals surface area contributed by atoms with Crippen LogP contribution in [-0.4, -0.2) is 86.8 Å². The molecule has 2 aromatic rings. The summed E-state index contributed by atoms with van der Waals surface area (Å²) in [6.07, 6.45) is 3.07. The van der Waals surface area contributed by atoms with E-state index in [-0.39, 0.29) is 23.5 Å². The molecule has 36 heavy (non-hydrogen) atoms. The Morgan fingerprint density at radius 2 is 1.64 bits per heavy atom. The average Bonchev–Trinajstić information content (AvgIpc) is 3.19. The van der Waals surface area contributed by atoms with Crippen molar-refractivity contribution in [2.45, 2.75) is 26.3 Å². The summed E-state index contributed by atoms with van der Waals surface area (Å²) in [5, 5.41) is 7.37. The lowest BCUT2D eigenvalue weighted by Crippen LogP contribution is -2.45. The van der Waals surface area contributed by atoms with Crippen molar-refractivity contribution < 1.29 is 8.42 Å². The third-order valence-corrected chi connectivity index (χ3v) is 9.53. The zero-order chi connectivity index (χ0) is 25.3. The van der Waals surface area contributed by atoms with Crippen LogP contribution in [0.5, 0.6) is 0 Å². The van der Waals surface area contributed by atoms with Crippen LogP contribution < -0.4 is 0 Å². The van der Waals surface area contributed by atoms with Gasteiger partial charge in [0.1, 0.15) is 0 Å². The molecule has 192 valence electrons. The van der Waals surface area contributed by atoms with E-state index in [0.29, 0.717) is 0 Å². The Morgan fingerprint density at radius 3 is 2.36 bits per heavy atom. The first kappa shape index (κ1) is 25.2. The molecule has 2 saturated heterocycles. The van der Waals surface area contributed by atoms with Gasteiger partial charge in [-0.1, -0.05) is 48.5 Å². The van der Waals surface area contributed by atoms with E-state index >= 15 is 0 Å². The molecule has 6 nitrogen and oxygen atoms in total. The summed E-state index contributed by atoms with van der Waals surface area (Å²) in [7, 11) is -1.04. The average molecular weight is 507 g/mol. The van der Waals surface area contributed by atoms with E-state index in [1.165, 1.54) is 11.1 Å². The smallest absolute Gasteiger partial charge is 0.155 e. The number of fused-ring (bicyclic) bond motifs is 1. The molecular weight excluding hydrogens is 468 g/mol. The van der Waals surface area contributed by atoms with E-state index in [9.17, 15) is 8.42 Å². The SMILES string of the molecule is Cc1ccccc1/C=C1/CS(=O)(=O)CC2C1=NN(CCCN1CCN(C)CC1)C2c1ccccc1C. The quantitative estimate of drug-likeness (QED) is 0.597. The fraction of sp³-hybridized carbons (Fsp3) is 0.483. The first-order valence-electron chi connectivity index (χ1n) is 13.1. The fourth-order valence-electron chi connectivity index (χ4n) is 5.81. The Labute approximate surface area is 216 Å². The van der Waals surface area contributed by atoms with Gasteiger partial charge in [0.15, 0.2) is 9.84 Å². The Balaban J connectivity index is 1.46. The summed E-state index contributed by atoms with van der Waals surface area (Å²) < 4.78 is 26.3. The van der Waals surface area contributed by atoms with Crippen LogP contribution in [0.15, 0.2) is 59.2 Å². The molecule has 3 heterocycles. The van der Waals surface area contributed by atoms with Crippen LogP contribution in [-0.2, 0) is 9.84 Å². The minimum atomic E-state index is -3.23. The molecule has 2 unspecified atom stereocenters. The number of piperazine rings is 1. The number of nitrogens with zero attached hydrogens (tertiary/aromatic N) is 4. The number of hydrogen-bond donors (Lipinski definition) is 0. The molecule has 0 aromatic heterocycles. The molecule has 0 bridgehead atoms. The van der Waals surface area contributed by atoms with E-state index in [1.54, 1.807) is 0 Å². The summed E-state index contributed by atoms with van der Waals surface area (Å²) in [5.74, 6) is 0.0701. The van der Waals surface area contributed by atoms with Crippen molar-refractivity contribution in [1.29, 1.82) is 0 Å². The van der Waals surface area contributed by atoms with E-state index in [2.05, 4.69) is 72.1 Å². The van der Waals surface area contributed by atoms with Crippen molar-refractivity contribution in [3.05, 3.63) is 76.4 Å². The van der Waals surface area contributed by atoms with Gasteiger partial charge in [-0.3, -0.25) is 5.01 Å². The second-order valence-electron chi connectivity index (χ2n) is 10.6. The minimum absolute atomic E-state index is 0.0518. The molecule has 2 fully saturated rings. The third-order valence-electron chi connectivity index (χ3n) is 7.91. The standard InChI is InChI=1S/C29H38N4O2S/c1-22-9-4-6-11-24(22)19-25-20-36(34,35)21-27-28(25)30-33(29(27)26-12-7-5-10-23(26)2)14-8-13-32-17-15-31(3)16-18-32/h4-7,9-12,19,27,29H,8,13-18,20-21H2,1-3H3/b25-19-. The number of benzene rings is 2. The molecule has 5 rings (SSSR count). The van der Waals surface area contributed by atoms with Gasteiger partial charge < -0.3 is 9.80 Å². The van der Waals surface area contributed by atoms with Gasteiger partial charge in [-0.25, -0.2) is 8.42 Å². The lowest BCUT2D eigenvalue weighted by molar-refractivity contribution is 0.139. The molecule has 3 aliphatic heterocycles. The molecule has 0 spiro atoms. The Kier molecular flexibility index (Phi) is 7.33. The summed E-state index contributed by atoms with van der Waals surface area (Å²) in [6, 6.07) is 16.5. The molecule has 3 aliphatic rings. The number of likely N-dealkylation sites (N-methyl/N-ethyl adjacent to an activating group) is 1. The van der Waals surface area contributed by atoms with Crippen molar-refractivity contribution >= 4 is 21.6 Å². The number of hydrazone groups is 1. The summed E-state index contributed by atoms with van der Waals surface area (Å²) >= 11 is 0. The molecule has 0 aliphatic carbocycles. The maximum atomic E-state index is 13.2. The summed E-state index contributed by atoms with van der Waals surface area (Å²) in [4.78, 5) is 4.91. The van der Waals surface area contributed by atoms with Crippen molar-refractivity contribution in [2.75, 3.05) is 57.8 Å². The van der Waals surface area contributed by atoms with Gasteiger partial charge in [0.25, 0.3) is 0 Å². The zero-order valence-corrected chi connectivity index (χ0v) is 22.5. The van der Waals surface area contributed by atoms with Crippen LogP contribution in [0.25, 0.3) is 6.08 Å². The van der Waals surface area contributed by atoms with Crippen LogP contribution in [0.1, 0.15) is 34.7 Å². The lowest BCUT2D eigenvalue weighted by atomic mass is 9.86. The Morgan fingerprint density at radius 1 is 0.944 bits per heavy atom. The predicted molar refractivity (Wildman–Crippen MR) is 148 cm³/mol. The highest BCUT2D eigenvalue weighted by Gasteiger charge is 2.46. The number of aryl methyl sites for hydroxylation is 2. The number of hydrogen-bond acceptors (Lipinski definition) is 6. The van der Waals surface area contributed by atoms with Crippen molar-refractivity contribution in [3.8, 4) is 0 Å². The maximum Gasteiger partial charge on any atom is 0.155 e. The third kappa shape index (κ3) is 5.43. The first-order valence-corrected chi connectivity index (χ1v) is 14.9. The zero-order valence-electron chi connectivity index (χ0n) is 21.7. The largest absolute Gasteiger partial charge is 0.304 e. The normalized spacial score (nSPS) is 25.7. The van der Waals surface area contributed by atoms with Gasteiger partial charge in [0.2, 0.25) is 0 Å². The van der Waals surface area contributed by atoms with E-state index < -0.39 is 9.84 Å². The van der Waals surface area contributed by atoms with Gasteiger partial charge in [0, 0.05) is 38.6 Å². The van der Waals surface area contributed by atoms with Gasteiger partial charge in [-0.2, -0.15) is 5.10 Å². The molecule has 0 N–H and O–H groups in total. The van der Waals surface area contributed by atoms with E-state index in [0.717, 1.165) is 68.1 Å².